The highest BCUT2D eigenvalue weighted by atomic mass is 16.6. The minimum Gasteiger partial charge on any atom is -0.457 e. The Kier molecular flexibility index (Phi) is 4.34. The van der Waals surface area contributed by atoms with E-state index in [0.717, 1.165) is 0 Å². The lowest BCUT2D eigenvalue weighted by atomic mass is 10.2. The first-order chi connectivity index (χ1) is 5.45. The Hall–Kier alpha value is -1.05. The van der Waals surface area contributed by atoms with Crippen LogP contribution in [0.25, 0.3) is 0 Å². The Bertz CT molecular complexity index is 194. The zero-order valence-corrected chi connectivity index (χ0v) is 8.13. The van der Waals surface area contributed by atoms with Crippen LogP contribution in [0.4, 0.5) is 0 Å². The van der Waals surface area contributed by atoms with Crippen molar-refractivity contribution in [3.63, 3.8) is 0 Å². The van der Waals surface area contributed by atoms with Gasteiger partial charge in [-0.05, 0) is 27.7 Å². The van der Waals surface area contributed by atoms with E-state index in [9.17, 15) is 4.79 Å². The third-order valence-electron chi connectivity index (χ3n) is 0.943. The van der Waals surface area contributed by atoms with Gasteiger partial charge >= 0.3 is 5.97 Å². The maximum absolute atomic E-state index is 11.0. The maximum Gasteiger partial charge on any atom is 0.331 e. The van der Waals surface area contributed by atoms with Gasteiger partial charge in [0.05, 0.1) is 0 Å². The van der Waals surface area contributed by atoms with Crippen LogP contribution in [0.1, 0.15) is 27.7 Å². The van der Waals surface area contributed by atoms with E-state index in [4.69, 9.17) is 4.74 Å². The van der Waals surface area contributed by atoms with Gasteiger partial charge in [-0.3, -0.25) is 0 Å². The fourth-order valence-corrected chi connectivity index (χ4v) is 0.581. The molecule has 0 bridgehead atoms. The second-order valence-electron chi connectivity index (χ2n) is 3.42. The Morgan fingerprint density at radius 2 is 1.83 bits per heavy atom. The molecule has 0 atom stereocenters. The molecular weight excluding hydrogens is 152 g/mol. The predicted octanol–water partition coefficient (Wildman–Crippen LogP) is 2.46. The highest BCUT2D eigenvalue weighted by molar-refractivity contribution is 5.82. The van der Waals surface area contributed by atoms with Crippen molar-refractivity contribution in [2.45, 2.75) is 33.3 Å². The molecule has 0 rings (SSSR count). The average Bonchev–Trinajstić information content (AvgIpc) is 1.84. The van der Waals surface area contributed by atoms with Crippen molar-refractivity contribution < 1.29 is 9.53 Å². The Morgan fingerprint density at radius 3 is 2.25 bits per heavy atom. The number of carbonyl (C=O) groups excluding carboxylic acids is 1. The van der Waals surface area contributed by atoms with E-state index in [1.807, 2.05) is 33.8 Å². The summed E-state index contributed by atoms with van der Waals surface area (Å²) < 4.78 is 5.02. The van der Waals surface area contributed by atoms with Crippen molar-refractivity contribution in [1.82, 2.24) is 0 Å². The smallest absolute Gasteiger partial charge is 0.331 e. The number of hydrogen-bond acceptors (Lipinski definition) is 2. The summed E-state index contributed by atoms with van der Waals surface area (Å²) in [4.78, 5) is 11.0. The third kappa shape index (κ3) is 7.06. The van der Waals surface area contributed by atoms with Gasteiger partial charge in [-0.1, -0.05) is 18.2 Å². The SMILES string of the molecule is C/C=C\C=C\C(=O)OC(C)(C)C. The number of allylic oxidation sites excluding steroid dienone is 3. The summed E-state index contributed by atoms with van der Waals surface area (Å²) in [6, 6.07) is 0. The van der Waals surface area contributed by atoms with Gasteiger partial charge < -0.3 is 4.74 Å². The fraction of sp³-hybridized carbons (Fsp3) is 0.500. The molecule has 0 aromatic carbocycles. The number of esters is 1. The summed E-state index contributed by atoms with van der Waals surface area (Å²) in [5, 5.41) is 0. The Morgan fingerprint density at radius 1 is 1.25 bits per heavy atom. The molecule has 0 aliphatic heterocycles. The van der Waals surface area contributed by atoms with E-state index in [1.54, 1.807) is 12.2 Å². The van der Waals surface area contributed by atoms with E-state index in [0.29, 0.717) is 0 Å². The van der Waals surface area contributed by atoms with Gasteiger partial charge in [0.2, 0.25) is 0 Å². The van der Waals surface area contributed by atoms with Crippen LogP contribution >= 0.6 is 0 Å². The summed E-state index contributed by atoms with van der Waals surface area (Å²) in [5.74, 6) is -0.305. The zero-order valence-electron chi connectivity index (χ0n) is 8.13. The Labute approximate surface area is 73.9 Å². The van der Waals surface area contributed by atoms with Gasteiger partial charge in [0.1, 0.15) is 5.60 Å². The summed E-state index contributed by atoms with van der Waals surface area (Å²) in [7, 11) is 0. The van der Waals surface area contributed by atoms with Crippen LogP contribution in [0.3, 0.4) is 0 Å². The molecule has 0 spiro atoms. The van der Waals surface area contributed by atoms with Crippen molar-refractivity contribution in [1.29, 1.82) is 0 Å². The van der Waals surface area contributed by atoms with Crippen LogP contribution in [-0.4, -0.2) is 11.6 Å². The molecule has 0 aliphatic carbocycles. The van der Waals surface area contributed by atoms with E-state index in [-0.39, 0.29) is 5.97 Å². The van der Waals surface area contributed by atoms with Crippen molar-refractivity contribution >= 4 is 5.97 Å². The summed E-state index contributed by atoms with van der Waals surface area (Å²) >= 11 is 0. The summed E-state index contributed by atoms with van der Waals surface area (Å²) in [6.45, 7) is 7.41. The maximum atomic E-state index is 11.0. The molecule has 2 heteroatoms. The fourth-order valence-electron chi connectivity index (χ4n) is 0.581. The zero-order chi connectivity index (χ0) is 9.61. The van der Waals surface area contributed by atoms with Crippen LogP contribution in [0.15, 0.2) is 24.3 Å². The molecule has 68 valence electrons. The molecule has 0 aromatic rings. The van der Waals surface area contributed by atoms with Crippen molar-refractivity contribution in [2.24, 2.45) is 0 Å². The van der Waals surface area contributed by atoms with E-state index < -0.39 is 5.60 Å². The molecule has 0 fully saturated rings. The van der Waals surface area contributed by atoms with E-state index in [2.05, 4.69) is 0 Å². The van der Waals surface area contributed by atoms with Crippen LogP contribution in [0, 0.1) is 0 Å². The predicted molar refractivity (Wildman–Crippen MR) is 49.8 cm³/mol. The molecule has 0 heterocycles. The van der Waals surface area contributed by atoms with E-state index in [1.165, 1.54) is 6.08 Å². The van der Waals surface area contributed by atoms with Crippen molar-refractivity contribution in [3.8, 4) is 0 Å². The minimum absolute atomic E-state index is 0.305. The highest BCUT2D eigenvalue weighted by Crippen LogP contribution is 2.06. The minimum atomic E-state index is -0.405. The average molecular weight is 168 g/mol. The van der Waals surface area contributed by atoms with Gasteiger partial charge in [-0.15, -0.1) is 0 Å². The number of carbonyl (C=O) groups is 1. The molecule has 0 aromatic heterocycles. The molecule has 0 unspecified atom stereocenters. The molecule has 0 N–H and O–H groups in total. The molecule has 12 heavy (non-hydrogen) atoms. The lowest BCUT2D eigenvalue weighted by Crippen LogP contribution is -2.22. The topological polar surface area (TPSA) is 26.3 Å². The van der Waals surface area contributed by atoms with Crippen LogP contribution in [0.5, 0.6) is 0 Å². The van der Waals surface area contributed by atoms with Crippen LogP contribution in [0.2, 0.25) is 0 Å². The monoisotopic (exact) mass is 168 g/mol. The molecule has 0 aliphatic rings. The van der Waals surface area contributed by atoms with Crippen molar-refractivity contribution in [2.75, 3.05) is 0 Å². The van der Waals surface area contributed by atoms with Gasteiger partial charge in [0, 0.05) is 6.08 Å². The molecular formula is C10H16O2. The van der Waals surface area contributed by atoms with Gasteiger partial charge in [-0.25, -0.2) is 4.79 Å². The molecule has 0 saturated heterocycles. The summed E-state index contributed by atoms with van der Waals surface area (Å²) in [5.41, 5.74) is -0.405. The van der Waals surface area contributed by atoms with Crippen LogP contribution < -0.4 is 0 Å². The first-order valence-corrected chi connectivity index (χ1v) is 3.98. The number of hydrogen-bond donors (Lipinski definition) is 0. The van der Waals surface area contributed by atoms with Gasteiger partial charge in [0.15, 0.2) is 0 Å². The lowest BCUT2D eigenvalue weighted by molar-refractivity contribution is -0.148. The first kappa shape index (κ1) is 11.0. The van der Waals surface area contributed by atoms with Crippen LogP contribution in [-0.2, 0) is 9.53 Å². The first-order valence-electron chi connectivity index (χ1n) is 3.98. The lowest BCUT2D eigenvalue weighted by Gasteiger charge is -2.17. The normalized spacial score (nSPS) is 12.7. The quantitative estimate of drug-likeness (QED) is 0.359. The Balaban J connectivity index is 3.91. The molecule has 0 amide bonds. The highest BCUT2D eigenvalue weighted by Gasteiger charge is 2.13. The second kappa shape index (κ2) is 4.75. The summed E-state index contributed by atoms with van der Waals surface area (Å²) in [6.07, 6.45) is 6.70. The second-order valence-corrected chi connectivity index (χ2v) is 3.42. The van der Waals surface area contributed by atoms with Crippen molar-refractivity contribution in [3.05, 3.63) is 24.3 Å². The molecule has 2 nitrogen and oxygen atoms in total. The van der Waals surface area contributed by atoms with E-state index >= 15 is 0 Å². The number of rotatable bonds is 2. The largest absolute Gasteiger partial charge is 0.457 e. The van der Waals surface area contributed by atoms with Gasteiger partial charge in [0.25, 0.3) is 0 Å². The molecule has 0 radical (unpaired) electrons. The molecule has 0 saturated carbocycles. The standard InChI is InChI=1S/C10H16O2/c1-5-6-7-8-9(11)12-10(2,3)4/h5-8H,1-4H3/b6-5-,8-7+. The third-order valence-corrected chi connectivity index (χ3v) is 0.943. The number of ether oxygens (including phenoxy) is 1. The van der Waals surface area contributed by atoms with Gasteiger partial charge in [-0.2, -0.15) is 0 Å².